The minimum absolute atomic E-state index is 0.644. The van der Waals surface area contributed by atoms with Crippen LogP contribution in [0.1, 0.15) is 18.4 Å². The predicted octanol–water partition coefficient (Wildman–Crippen LogP) is 1.21. The van der Waals surface area contributed by atoms with Gasteiger partial charge in [0.2, 0.25) is 5.88 Å². The van der Waals surface area contributed by atoms with Gasteiger partial charge in [-0.1, -0.05) is 0 Å². The van der Waals surface area contributed by atoms with E-state index in [2.05, 4.69) is 20.6 Å². The molecule has 1 aliphatic heterocycles. The molecule has 0 aliphatic carbocycles. The quantitative estimate of drug-likeness (QED) is 0.804. The maximum Gasteiger partial charge on any atom is 0.221 e. The van der Waals surface area contributed by atoms with Gasteiger partial charge in [-0.3, -0.25) is 0 Å². The lowest BCUT2D eigenvalue weighted by atomic mass is 10.1. The molecule has 94 valence electrons. The molecule has 1 aliphatic rings. The lowest BCUT2D eigenvalue weighted by molar-refractivity contribution is 0.393. The highest BCUT2D eigenvalue weighted by Gasteiger charge is 2.14. The molecule has 0 bridgehead atoms. The second-order valence-electron chi connectivity index (χ2n) is 4.43. The normalized spacial score (nSPS) is 19.3. The fourth-order valence-electron chi connectivity index (χ4n) is 2.17. The first kappa shape index (κ1) is 12.1. The van der Waals surface area contributed by atoms with Gasteiger partial charge in [-0.25, -0.2) is 9.97 Å². The Bertz CT molecular complexity index is 364. The number of anilines is 1. The molecule has 5 heteroatoms. The van der Waals surface area contributed by atoms with Gasteiger partial charge >= 0.3 is 0 Å². The molecule has 1 fully saturated rings. The van der Waals surface area contributed by atoms with Crippen LogP contribution in [0.3, 0.4) is 0 Å². The van der Waals surface area contributed by atoms with Gasteiger partial charge in [-0.15, -0.1) is 0 Å². The van der Waals surface area contributed by atoms with Crippen molar-refractivity contribution in [3.8, 4) is 5.88 Å². The van der Waals surface area contributed by atoms with Crippen molar-refractivity contribution in [2.45, 2.75) is 19.8 Å². The molecule has 1 aromatic heterocycles. The average Bonchev–Trinajstić information content (AvgIpc) is 2.84. The van der Waals surface area contributed by atoms with Crippen molar-refractivity contribution in [3.63, 3.8) is 0 Å². The molecule has 0 saturated carbocycles. The van der Waals surface area contributed by atoms with Crippen LogP contribution in [0.5, 0.6) is 5.88 Å². The summed E-state index contributed by atoms with van der Waals surface area (Å²) in [6, 6.07) is 0. The van der Waals surface area contributed by atoms with Crippen molar-refractivity contribution in [2.75, 3.05) is 32.1 Å². The predicted molar refractivity (Wildman–Crippen MR) is 67.4 cm³/mol. The van der Waals surface area contributed by atoms with Crippen LogP contribution in [0.4, 0.5) is 5.82 Å². The number of nitrogens with one attached hydrogen (secondary N) is 2. The SMILES string of the molecule is COc1ncnc(NCCC2CCNC2)c1C. The van der Waals surface area contributed by atoms with E-state index in [0.29, 0.717) is 5.88 Å². The highest BCUT2D eigenvalue weighted by atomic mass is 16.5. The van der Waals surface area contributed by atoms with Crippen molar-refractivity contribution in [2.24, 2.45) is 5.92 Å². The van der Waals surface area contributed by atoms with Gasteiger partial charge in [-0.05, 0) is 38.8 Å². The topological polar surface area (TPSA) is 59.1 Å². The van der Waals surface area contributed by atoms with Crippen LogP contribution in [0.15, 0.2) is 6.33 Å². The molecule has 1 atom stereocenters. The summed E-state index contributed by atoms with van der Waals surface area (Å²) in [5, 5.41) is 6.73. The van der Waals surface area contributed by atoms with Crippen LogP contribution in [-0.4, -0.2) is 36.7 Å². The molecule has 17 heavy (non-hydrogen) atoms. The fourth-order valence-corrected chi connectivity index (χ4v) is 2.17. The Morgan fingerprint density at radius 2 is 2.41 bits per heavy atom. The number of nitrogens with zero attached hydrogens (tertiary/aromatic N) is 2. The van der Waals surface area contributed by atoms with Crippen molar-refractivity contribution >= 4 is 5.82 Å². The molecule has 0 radical (unpaired) electrons. The van der Waals surface area contributed by atoms with E-state index in [4.69, 9.17) is 4.74 Å². The molecular formula is C12H20N4O. The van der Waals surface area contributed by atoms with Crippen LogP contribution in [0, 0.1) is 12.8 Å². The van der Waals surface area contributed by atoms with Gasteiger partial charge in [0.15, 0.2) is 0 Å². The summed E-state index contributed by atoms with van der Waals surface area (Å²) in [6.07, 6.45) is 4.00. The highest BCUT2D eigenvalue weighted by Crippen LogP contribution is 2.20. The summed E-state index contributed by atoms with van der Waals surface area (Å²) >= 11 is 0. The van der Waals surface area contributed by atoms with E-state index in [-0.39, 0.29) is 0 Å². The Labute approximate surface area is 102 Å². The van der Waals surface area contributed by atoms with Gasteiger partial charge in [0.1, 0.15) is 12.1 Å². The molecule has 0 aromatic carbocycles. The van der Waals surface area contributed by atoms with E-state index >= 15 is 0 Å². The maximum absolute atomic E-state index is 5.16. The molecule has 5 nitrogen and oxygen atoms in total. The summed E-state index contributed by atoms with van der Waals surface area (Å²) < 4.78 is 5.16. The first-order valence-electron chi connectivity index (χ1n) is 6.11. The van der Waals surface area contributed by atoms with Crippen molar-refractivity contribution in [1.29, 1.82) is 0 Å². The Kier molecular flexibility index (Phi) is 4.14. The zero-order valence-corrected chi connectivity index (χ0v) is 10.5. The zero-order valence-electron chi connectivity index (χ0n) is 10.5. The van der Waals surface area contributed by atoms with Crippen molar-refractivity contribution < 1.29 is 4.74 Å². The molecule has 2 heterocycles. The van der Waals surface area contributed by atoms with E-state index in [1.54, 1.807) is 7.11 Å². The number of methoxy groups -OCH3 is 1. The smallest absolute Gasteiger partial charge is 0.221 e. The highest BCUT2D eigenvalue weighted by molar-refractivity contribution is 5.47. The van der Waals surface area contributed by atoms with Gasteiger partial charge < -0.3 is 15.4 Å². The fraction of sp³-hybridized carbons (Fsp3) is 0.667. The molecule has 0 amide bonds. The standard InChI is InChI=1S/C12H20N4O/c1-9-11(15-8-16-12(9)17-2)14-6-4-10-3-5-13-7-10/h8,10,13H,3-7H2,1-2H3,(H,14,15,16). The zero-order chi connectivity index (χ0) is 12.1. The number of aromatic nitrogens is 2. The van der Waals surface area contributed by atoms with Gasteiger partial charge in [-0.2, -0.15) is 0 Å². The minimum Gasteiger partial charge on any atom is -0.481 e. The molecular weight excluding hydrogens is 216 g/mol. The first-order chi connectivity index (χ1) is 8.31. The van der Waals surface area contributed by atoms with Crippen molar-refractivity contribution in [3.05, 3.63) is 11.9 Å². The summed E-state index contributed by atoms with van der Waals surface area (Å²) in [5.74, 6) is 2.32. The Hall–Kier alpha value is -1.36. The largest absolute Gasteiger partial charge is 0.481 e. The second kappa shape index (κ2) is 5.82. The minimum atomic E-state index is 0.644. The Morgan fingerprint density at radius 3 is 3.12 bits per heavy atom. The third-order valence-electron chi connectivity index (χ3n) is 3.24. The van der Waals surface area contributed by atoms with E-state index in [9.17, 15) is 0 Å². The number of ether oxygens (including phenoxy) is 1. The Balaban J connectivity index is 1.85. The van der Waals surface area contributed by atoms with Crippen LogP contribution in [-0.2, 0) is 0 Å². The lowest BCUT2D eigenvalue weighted by Crippen LogP contribution is -2.14. The van der Waals surface area contributed by atoms with Gasteiger partial charge in [0.25, 0.3) is 0 Å². The Morgan fingerprint density at radius 1 is 1.53 bits per heavy atom. The van der Waals surface area contributed by atoms with Crippen LogP contribution < -0.4 is 15.4 Å². The van der Waals surface area contributed by atoms with E-state index in [0.717, 1.165) is 36.9 Å². The van der Waals surface area contributed by atoms with Crippen LogP contribution in [0.25, 0.3) is 0 Å². The number of hydrogen-bond acceptors (Lipinski definition) is 5. The van der Waals surface area contributed by atoms with E-state index < -0.39 is 0 Å². The lowest BCUT2D eigenvalue weighted by Gasteiger charge is -2.12. The second-order valence-corrected chi connectivity index (χ2v) is 4.43. The number of rotatable bonds is 5. The molecule has 0 spiro atoms. The van der Waals surface area contributed by atoms with E-state index in [1.165, 1.54) is 19.2 Å². The van der Waals surface area contributed by atoms with Crippen LogP contribution >= 0.6 is 0 Å². The maximum atomic E-state index is 5.16. The van der Waals surface area contributed by atoms with Gasteiger partial charge in [0.05, 0.1) is 12.7 Å². The third kappa shape index (κ3) is 3.06. The summed E-state index contributed by atoms with van der Waals surface area (Å²) in [5.41, 5.74) is 0.972. The van der Waals surface area contributed by atoms with Crippen molar-refractivity contribution in [1.82, 2.24) is 15.3 Å². The first-order valence-corrected chi connectivity index (χ1v) is 6.11. The number of hydrogen-bond donors (Lipinski definition) is 2. The summed E-state index contributed by atoms with van der Waals surface area (Å²) in [4.78, 5) is 8.29. The van der Waals surface area contributed by atoms with Gasteiger partial charge in [0, 0.05) is 6.54 Å². The summed E-state index contributed by atoms with van der Waals surface area (Å²) in [6.45, 7) is 5.23. The third-order valence-corrected chi connectivity index (χ3v) is 3.24. The molecule has 1 unspecified atom stereocenters. The monoisotopic (exact) mass is 236 g/mol. The van der Waals surface area contributed by atoms with Crippen LogP contribution in [0.2, 0.25) is 0 Å². The average molecular weight is 236 g/mol. The molecule has 2 rings (SSSR count). The molecule has 1 aromatic rings. The van der Waals surface area contributed by atoms with E-state index in [1.807, 2.05) is 6.92 Å². The summed E-state index contributed by atoms with van der Waals surface area (Å²) in [7, 11) is 1.63. The molecule has 1 saturated heterocycles. The molecule has 2 N–H and O–H groups in total.